The van der Waals surface area contributed by atoms with Gasteiger partial charge < -0.3 is 9.67 Å². The smallest absolute Gasteiger partial charge is 0.256 e. The second-order valence-electron chi connectivity index (χ2n) is 5.06. The third-order valence-electron chi connectivity index (χ3n) is 3.10. The molecule has 1 heterocycles. The van der Waals surface area contributed by atoms with Crippen LogP contribution in [0.4, 0.5) is 0 Å². The molecule has 0 amide bonds. The van der Waals surface area contributed by atoms with Crippen molar-refractivity contribution >= 4 is 11.6 Å². The van der Waals surface area contributed by atoms with Crippen molar-refractivity contribution < 1.29 is 5.11 Å². The highest BCUT2D eigenvalue weighted by Gasteiger charge is 2.21. The van der Waals surface area contributed by atoms with E-state index in [1.54, 1.807) is 39.1 Å². The molecule has 1 N–H and O–H groups in total. The molecule has 3 nitrogen and oxygen atoms in total. The van der Waals surface area contributed by atoms with E-state index in [9.17, 15) is 9.90 Å². The molecule has 0 fully saturated rings. The summed E-state index contributed by atoms with van der Waals surface area (Å²) in [7, 11) is 1.70. The summed E-state index contributed by atoms with van der Waals surface area (Å²) in [6.07, 6.45) is 0. The number of hydrogen-bond donors (Lipinski definition) is 1. The van der Waals surface area contributed by atoms with Crippen LogP contribution in [-0.4, -0.2) is 9.67 Å². The standard InChI is InChI=1S/C15H16ClNO2/c1-15(2,19)12-8-9-13(17(3)14(12)18)10-4-6-11(16)7-5-10/h4-9,19H,1-3H3. The minimum atomic E-state index is -1.15. The van der Waals surface area contributed by atoms with Crippen LogP contribution in [0.3, 0.4) is 0 Å². The lowest BCUT2D eigenvalue weighted by Crippen LogP contribution is -2.31. The van der Waals surface area contributed by atoms with Crippen LogP contribution in [0.1, 0.15) is 19.4 Å². The van der Waals surface area contributed by atoms with Gasteiger partial charge >= 0.3 is 0 Å². The van der Waals surface area contributed by atoms with Crippen LogP contribution in [-0.2, 0) is 12.6 Å². The number of nitrogens with zero attached hydrogens (tertiary/aromatic N) is 1. The first-order chi connectivity index (χ1) is 8.80. The average molecular weight is 278 g/mol. The third kappa shape index (κ3) is 2.72. The molecule has 0 bridgehead atoms. The van der Waals surface area contributed by atoms with Gasteiger partial charge in [0.2, 0.25) is 0 Å². The number of aromatic nitrogens is 1. The summed E-state index contributed by atoms with van der Waals surface area (Å²) in [6, 6.07) is 10.8. The molecule has 0 unspecified atom stereocenters. The molecule has 19 heavy (non-hydrogen) atoms. The zero-order valence-corrected chi connectivity index (χ0v) is 11.9. The van der Waals surface area contributed by atoms with Crippen molar-refractivity contribution in [3.05, 3.63) is 57.3 Å². The lowest BCUT2D eigenvalue weighted by molar-refractivity contribution is 0.0766. The van der Waals surface area contributed by atoms with Crippen molar-refractivity contribution in [2.45, 2.75) is 19.4 Å². The van der Waals surface area contributed by atoms with E-state index < -0.39 is 5.60 Å². The number of rotatable bonds is 2. The van der Waals surface area contributed by atoms with E-state index in [1.807, 2.05) is 18.2 Å². The highest BCUT2D eigenvalue weighted by Crippen LogP contribution is 2.22. The first kappa shape index (κ1) is 13.8. The van der Waals surface area contributed by atoms with E-state index >= 15 is 0 Å². The lowest BCUT2D eigenvalue weighted by Gasteiger charge is -2.19. The Bertz CT molecular complexity index is 651. The fourth-order valence-electron chi connectivity index (χ4n) is 2.01. The van der Waals surface area contributed by atoms with Gasteiger partial charge in [-0.15, -0.1) is 0 Å². The molecule has 100 valence electrons. The van der Waals surface area contributed by atoms with Gasteiger partial charge in [-0.2, -0.15) is 0 Å². The molecule has 0 aliphatic heterocycles. The van der Waals surface area contributed by atoms with E-state index in [1.165, 1.54) is 4.57 Å². The second kappa shape index (κ2) is 4.83. The molecule has 4 heteroatoms. The zero-order chi connectivity index (χ0) is 14.2. The summed E-state index contributed by atoms with van der Waals surface area (Å²) in [6.45, 7) is 3.21. The molecule has 0 saturated heterocycles. The predicted octanol–water partition coefficient (Wildman–Crippen LogP) is 2.93. The first-order valence-electron chi connectivity index (χ1n) is 5.99. The molecule has 2 rings (SSSR count). The fourth-order valence-corrected chi connectivity index (χ4v) is 2.14. The fraction of sp³-hybridized carbons (Fsp3) is 0.267. The summed E-state index contributed by atoms with van der Waals surface area (Å²) >= 11 is 5.85. The maximum Gasteiger partial charge on any atom is 0.256 e. The van der Waals surface area contributed by atoms with Gasteiger partial charge in [-0.25, -0.2) is 0 Å². The minimum absolute atomic E-state index is 0.194. The van der Waals surface area contributed by atoms with Crippen LogP contribution in [0.25, 0.3) is 11.3 Å². The summed E-state index contributed by atoms with van der Waals surface area (Å²) in [4.78, 5) is 12.3. The Balaban J connectivity index is 2.59. The average Bonchev–Trinajstić information content (AvgIpc) is 2.32. The van der Waals surface area contributed by atoms with E-state index in [4.69, 9.17) is 11.6 Å². The van der Waals surface area contributed by atoms with Gasteiger partial charge in [0.25, 0.3) is 5.56 Å². The van der Waals surface area contributed by atoms with E-state index in [0.717, 1.165) is 11.3 Å². The topological polar surface area (TPSA) is 42.2 Å². The molecule has 1 aromatic carbocycles. The van der Waals surface area contributed by atoms with Gasteiger partial charge in [-0.3, -0.25) is 4.79 Å². The normalized spacial score (nSPS) is 11.6. The number of hydrogen-bond acceptors (Lipinski definition) is 2. The summed E-state index contributed by atoms with van der Waals surface area (Å²) in [5.41, 5.74) is 0.738. The van der Waals surface area contributed by atoms with Crippen molar-refractivity contribution in [3.8, 4) is 11.3 Å². The van der Waals surface area contributed by atoms with Gasteiger partial charge in [0.05, 0.1) is 11.3 Å². The van der Waals surface area contributed by atoms with Crippen LogP contribution >= 0.6 is 11.6 Å². The van der Waals surface area contributed by atoms with Crippen molar-refractivity contribution in [3.63, 3.8) is 0 Å². The van der Waals surface area contributed by atoms with E-state index in [-0.39, 0.29) is 5.56 Å². The molecule has 1 aromatic heterocycles. The van der Waals surface area contributed by atoms with E-state index in [2.05, 4.69) is 0 Å². The van der Waals surface area contributed by atoms with Gasteiger partial charge in [0.15, 0.2) is 0 Å². The Morgan fingerprint density at radius 1 is 1.11 bits per heavy atom. The maximum absolute atomic E-state index is 12.3. The lowest BCUT2D eigenvalue weighted by atomic mass is 9.99. The van der Waals surface area contributed by atoms with Gasteiger partial charge in [-0.1, -0.05) is 23.7 Å². The Morgan fingerprint density at radius 3 is 2.21 bits per heavy atom. The largest absolute Gasteiger partial charge is 0.386 e. The maximum atomic E-state index is 12.3. The van der Waals surface area contributed by atoms with Crippen LogP contribution < -0.4 is 5.56 Å². The monoisotopic (exact) mass is 277 g/mol. The van der Waals surface area contributed by atoms with Crippen molar-refractivity contribution in [1.29, 1.82) is 0 Å². The zero-order valence-electron chi connectivity index (χ0n) is 11.1. The summed E-state index contributed by atoms with van der Waals surface area (Å²) in [5, 5.41) is 10.6. The first-order valence-corrected chi connectivity index (χ1v) is 6.37. The molecule has 0 radical (unpaired) electrons. The molecular weight excluding hydrogens is 262 g/mol. The van der Waals surface area contributed by atoms with Crippen LogP contribution in [0, 0.1) is 0 Å². The molecule has 2 aromatic rings. The van der Waals surface area contributed by atoms with Gasteiger partial charge in [0.1, 0.15) is 0 Å². The van der Waals surface area contributed by atoms with Crippen LogP contribution in [0.5, 0.6) is 0 Å². The molecule has 0 saturated carbocycles. The number of benzene rings is 1. The number of pyridine rings is 1. The highest BCUT2D eigenvalue weighted by atomic mass is 35.5. The van der Waals surface area contributed by atoms with Crippen molar-refractivity contribution in [2.24, 2.45) is 7.05 Å². The molecule has 0 aliphatic carbocycles. The molecule has 0 spiro atoms. The SMILES string of the molecule is Cn1c(-c2ccc(Cl)cc2)ccc(C(C)(C)O)c1=O. The van der Waals surface area contributed by atoms with Gasteiger partial charge in [-0.05, 0) is 43.7 Å². The molecule has 0 aliphatic rings. The van der Waals surface area contributed by atoms with Crippen LogP contribution in [0.15, 0.2) is 41.2 Å². The van der Waals surface area contributed by atoms with Gasteiger partial charge in [0, 0.05) is 17.6 Å². The van der Waals surface area contributed by atoms with Crippen LogP contribution in [0.2, 0.25) is 5.02 Å². The summed E-state index contributed by atoms with van der Waals surface area (Å²) < 4.78 is 1.54. The molecule has 0 atom stereocenters. The Hall–Kier alpha value is -1.58. The third-order valence-corrected chi connectivity index (χ3v) is 3.36. The predicted molar refractivity (Wildman–Crippen MR) is 77.4 cm³/mol. The minimum Gasteiger partial charge on any atom is -0.386 e. The van der Waals surface area contributed by atoms with E-state index in [0.29, 0.717) is 10.6 Å². The highest BCUT2D eigenvalue weighted by molar-refractivity contribution is 6.30. The van der Waals surface area contributed by atoms with Crippen molar-refractivity contribution in [2.75, 3.05) is 0 Å². The Morgan fingerprint density at radius 2 is 1.68 bits per heavy atom. The van der Waals surface area contributed by atoms with Crippen molar-refractivity contribution in [1.82, 2.24) is 4.57 Å². The second-order valence-corrected chi connectivity index (χ2v) is 5.50. The number of aliphatic hydroxyl groups is 1. The molecular formula is C15H16ClNO2. The number of halogens is 1. The Kier molecular flexibility index (Phi) is 3.52. The Labute approximate surface area is 117 Å². The summed E-state index contributed by atoms with van der Waals surface area (Å²) in [5.74, 6) is 0. The quantitative estimate of drug-likeness (QED) is 0.917.